The topological polar surface area (TPSA) is 79.2 Å². The molecule has 232 valence electrons. The van der Waals surface area contributed by atoms with Crippen LogP contribution >= 0.6 is 11.6 Å². The second-order valence-electron chi connectivity index (χ2n) is 12.8. The van der Waals surface area contributed by atoms with Crippen LogP contribution in [-0.2, 0) is 27.0 Å². The van der Waals surface area contributed by atoms with Crippen LogP contribution in [0.3, 0.4) is 0 Å². The molecule has 1 fully saturated rings. The molecule has 2 aromatic carbocycles. The highest BCUT2D eigenvalue weighted by molar-refractivity contribution is 6.30. The highest BCUT2D eigenvalue weighted by Gasteiger charge is 2.45. The summed E-state index contributed by atoms with van der Waals surface area (Å²) in [6.07, 6.45) is 11.7. The maximum atomic E-state index is 13.1. The molecule has 6 nitrogen and oxygen atoms in total. The average Bonchev–Trinajstić information content (AvgIpc) is 3.15. The summed E-state index contributed by atoms with van der Waals surface area (Å²) in [7, 11) is 1.32. The minimum Gasteiger partial charge on any atom is -0.490 e. The van der Waals surface area contributed by atoms with Gasteiger partial charge >= 0.3 is 5.97 Å². The first kappa shape index (κ1) is 31.6. The van der Waals surface area contributed by atoms with Crippen LogP contribution in [0.25, 0.3) is 0 Å². The molecule has 3 unspecified atom stereocenters. The number of fused-ring (bicyclic) bond motifs is 3. The van der Waals surface area contributed by atoms with Gasteiger partial charge < -0.3 is 24.6 Å². The van der Waals surface area contributed by atoms with Crippen molar-refractivity contribution >= 4 is 23.3 Å². The van der Waals surface area contributed by atoms with E-state index in [4.69, 9.17) is 21.1 Å². The number of aliphatic hydroxyl groups is 2. The summed E-state index contributed by atoms with van der Waals surface area (Å²) in [6.45, 7) is 9.60. The molecule has 0 aromatic heterocycles. The molecule has 43 heavy (non-hydrogen) atoms. The third-order valence-electron chi connectivity index (χ3n) is 10.1. The molecule has 7 heteroatoms. The third kappa shape index (κ3) is 6.38. The largest absolute Gasteiger partial charge is 0.490 e. The van der Waals surface area contributed by atoms with Crippen molar-refractivity contribution in [3.05, 3.63) is 83.4 Å². The maximum absolute atomic E-state index is 13.1. The minimum absolute atomic E-state index is 0.157. The molecular weight excluding hydrogens is 562 g/mol. The number of nitrogens with zero attached hydrogens (tertiary/aromatic N) is 1. The zero-order valence-corrected chi connectivity index (χ0v) is 26.2. The van der Waals surface area contributed by atoms with Gasteiger partial charge in [0.05, 0.1) is 25.5 Å². The van der Waals surface area contributed by atoms with Gasteiger partial charge in [-0.3, -0.25) is 0 Å². The van der Waals surface area contributed by atoms with Gasteiger partial charge in [-0.1, -0.05) is 42.3 Å². The fraction of sp³-hybridized carbons (Fsp3) is 0.528. The van der Waals surface area contributed by atoms with E-state index in [-0.39, 0.29) is 23.7 Å². The quantitative estimate of drug-likeness (QED) is 0.155. The van der Waals surface area contributed by atoms with E-state index in [0.29, 0.717) is 18.6 Å². The molecule has 0 amide bonds. The minimum atomic E-state index is -1.76. The van der Waals surface area contributed by atoms with E-state index in [1.54, 1.807) is 12.1 Å². The van der Waals surface area contributed by atoms with Crippen molar-refractivity contribution in [2.75, 3.05) is 31.7 Å². The Bertz CT molecular complexity index is 1330. The van der Waals surface area contributed by atoms with Gasteiger partial charge in [0, 0.05) is 23.5 Å². The van der Waals surface area contributed by atoms with Crippen molar-refractivity contribution < 1.29 is 24.5 Å². The number of aliphatic hydroxyl groups excluding tert-OH is 1. The summed E-state index contributed by atoms with van der Waals surface area (Å²) in [5.41, 5.74) is 1.93. The smallest absolute Gasteiger partial charge is 0.342 e. The fourth-order valence-corrected chi connectivity index (χ4v) is 7.67. The van der Waals surface area contributed by atoms with E-state index in [1.807, 2.05) is 24.3 Å². The third-order valence-corrected chi connectivity index (χ3v) is 10.3. The number of unbranched alkanes of at least 4 members (excludes halogenated alkanes) is 3. The van der Waals surface area contributed by atoms with E-state index in [2.05, 4.69) is 30.2 Å². The molecule has 0 radical (unpaired) electrons. The van der Waals surface area contributed by atoms with Crippen molar-refractivity contribution in [3.63, 3.8) is 0 Å². The Morgan fingerprint density at radius 2 is 2.07 bits per heavy atom. The van der Waals surface area contributed by atoms with E-state index < -0.39 is 17.7 Å². The molecule has 0 saturated heterocycles. The van der Waals surface area contributed by atoms with E-state index in [9.17, 15) is 15.0 Å². The van der Waals surface area contributed by atoms with Crippen molar-refractivity contribution in [2.45, 2.75) is 81.3 Å². The van der Waals surface area contributed by atoms with Gasteiger partial charge in [-0.25, -0.2) is 4.79 Å². The van der Waals surface area contributed by atoms with Crippen LogP contribution in [0, 0.1) is 11.8 Å². The number of anilines is 1. The van der Waals surface area contributed by atoms with Crippen LogP contribution in [-0.4, -0.2) is 49.1 Å². The van der Waals surface area contributed by atoms with Gasteiger partial charge in [0.25, 0.3) is 0 Å². The lowest BCUT2D eigenvalue weighted by Crippen LogP contribution is -2.49. The molecule has 1 spiro atoms. The van der Waals surface area contributed by atoms with Crippen LogP contribution in [0.15, 0.2) is 61.7 Å². The molecule has 1 aliphatic heterocycles. The lowest BCUT2D eigenvalue weighted by molar-refractivity contribution is -0.164. The second kappa shape index (κ2) is 13.5. The molecule has 0 bridgehead atoms. The molecule has 2 N–H and O–H groups in total. The first-order chi connectivity index (χ1) is 20.7. The molecule has 2 aromatic rings. The monoisotopic (exact) mass is 607 g/mol. The van der Waals surface area contributed by atoms with Crippen LogP contribution in [0.5, 0.6) is 5.75 Å². The van der Waals surface area contributed by atoms with Crippen LogP contribution in [0.1, 0.15) is 74.5 Å². The number of aryl methyl sites for hydroxylation is 1. The maximum Gasteiger partial charge on any atom is 0.342 e. The normalized spacial score (nSPS) is 24.8. The standard InChI is InChI=1S/C36H46ClNO5/c1-4-6-7-8-9-19-36(41,34(40)42-3)27-13-17-33-31(21-27)38(22-26-12-15-29(26)32(39)5-2)23-35(24-43-33)18-10-11-25-20-28(37)14-16-30(25)35/h4-5,13-14,16-17,20-21,26,29,32,39,41H,1-2,6-12,15,18-19,22-24H2,3H3/t26-,29+,32?,35?,36?/m0/s1. The molecule has 1 heterocycles. The zero-order valence-electron chi connectivity index (χ0n) is 25.4. The second-order valence-corrected chi connectivity index (χ2v) is 13.2. The number of carbonyl (C=O) groups is 1. The Kier molecular flexibility index (Phi) is 9.89. The number of rotatable bonds is 12. The Hall–Kier alpha value is -2.80. The Labute approximate surface area is 261 Å². The molecule has 3 aliphatic rings. The summed E-state index contributed by atoms with van der Waals surface area (Å²) < 4.78 is 11.7. The Balaban J connectivity index is 1.53. The highest BCUT2D eigenvalue weighted by Crippen LogP contribution is 2.47. The Morgan fingerprint density at radius 3 is 2.79 bits per heavy atom. The number of halogens is 1. The summed E-state index contributed by atoms with van der Waals surface area (Å²) in [4.78, 5) is 15.5. The van der Waals surface area contributed by atoms with Gasteiger partial charge in [-0.2, -0.15) is 0 Å². The summed E-state index contributed by atoms with van der Waals surface area (Å²) in [5, 5.41) is 23.2. The van der Waals surface area contributed by atoms with Gasteiger partial charge in [0.2, 0.25) is 0 Å². The van der Waals surface area contributed by atoms with Gasteiger partial charge in [-0.05, 0) is 111 Å². The molecule has 1 saturated carbocycles. The van der Waals surface area contributed by atoms with E-state index in [1.165, 1.54) is 18.2 Å². The number of benzene rings is 2. The highest BCUT2D eigenvalue weighted by atomic mass is 35.5. The number of carbonyl (C=O) groups excluding carboxylic acids is 1. The lowest BCUT2D eigenvalue weighted by atomic mass is 9.68. The lowest BCUT2D eigenvalue weighted by Gasteiger charge is -2.45. The molecule has 2 aliphatic carbocycles. The molecule has 5 rings (SSSR count). The number of methoxy groups -OCH3 is 1. The van der Waals surface area contributed by atoms with Crippen molar-refractivity contribution in [3.8, 4) is 5.75 Å². The van der Waals surface area contributed by atoms with Gasteiger partial charge in [-0.15, -0.1) is 13.2 Å². The number of hydrogen-bond donors (Lipinski definition) is 2. The first-order valence-corrected chi connectivity index (χ1v) is 16.2. The average molecular weight is 608 g/mol. The van der Waals surface area contributed by atoms with Crippen LogP contribution in [0.4, 0.5) is 5.69 Å². The number of hydrogen-bond acceptors (Lipinski definition) is 6. The predicted molar refractivity (Wildman–Crippen MR) is 172 cm³/mol. The SMILES string of the molecule is C=CCCCCCC(O)(C(=O)OC)c1ccc2c(c1)N(C[C@@H]1CC[C@H]1C(O)C=C)CC1(CCCc3cc(Cl)ccc31)CO2. The van der Waals surface area contributed by atoms with Crippen LogP contribution < -0.4 is 9.64 Å². The van der Waals surface area contributed by atoms with Gasteiger partial charge in [0.15, 0.2) is 5.60 Å². The zero-order chi connectivity index (χ0) is 30.6. The molecular formula is C36H46ClNO5. The molecule has 5 atom stereocenters. The van der Waals surface area contributed by atoms with E-state index >= 15 is 0 Å². The van der Waals surface area contributed by atoms with Crippen molar-refractivity contribution in [1.29, 1.82) is 0 Å². The summed E-state index contributed by atoms with van der Waals surface area (Å²) in [6, 6.07) is 11.9. The van der Waals surface area contributed by atoms with E-state index in [0.717, 1.165) is 80.9 Å². The summed E-state index contributed by atoms with van der Waals surface area (Å²) in [5.74, 6) is 0.529. The number of esters is 1. The summed E-state index contributed by atoms with van der Waals surface area (Å²) >= 11 is 6.41. The van der Waals surface area contributed by atoms with Crippen LogP contribution in [0.2, 0.25) is 5.02 Å². The fourth-order valence-electron chi connectivity index (χ4n) is 7.48. The number of ether oxygens (including phenoxy) is 2. The first-order valence-electron chi connectivity index (χ1n) is 15.8. The number of allylic oxidation sites excluding steroid dienone is 1. The van der Waals surface area contributed by atoms with Crippen molar-refractivity contribution in [2.24, 2.45) is 11.8 Å². The van der Waals surface area contributed by atoms with Gasteiger partial charge in [0.1, 0.15) is 5.75 Å². The Morgan fingerprint density at radius 1 is 1.23 bits per heavy atom. The van der Waals surface area contributed by atoms with Crippen molar-refractivity contribution in [1.82, 2.24) is 0 Å². The predicted octanol–water partition coefficient (Wildman–Crippen LogP) is 6.88.